The SMILES string of the molecule is COCCCCNC1(CCCCCN(C(N)=O)c2ccc(Br)cc2)CCCc2ccccc21. The maximum absolute atomic E-state index is 12.0. The number of nitrogens with two attached hydrogens (primary N) is 1. The molecule has 1 unspecified atom stereocenters. The van der Waals surface area contributed by atoms with Crippen LogP contribution in [0.15, 0.2) is 53.0 Å². The Morgan fingerprint density at radius 2 is 1.88 bits per heavy atom. The molecule has 0 spiro atoms. The number of nitrogens with one attached hydrogen (secondary N) is 1. The summed E-state index contributed by atoms with van der Waals surface area (Å²) in [5, 5.41) is 3.95. The Balaban J connectivity index is 1.57. The highest BCUT2D eigenvalue weighted by Crippen LogP contribution is 2.39. The van der Waals surface area contributed by atoms with Gasteiger partial charge >= 0.3 is 6.03 Å². The fourth-order valence-corrected chi connectivity index (χ4v) is 5.28. The Hall–Kier alpha value is -1.89. The summed E-state index contributed by atoms with van der Waals surface area (Å²) >= 11 is 3.44. The van der Waals surface area contributed by atoms with Crippen LogP contribution in [0.5, 0.6) is 0 Å². The molecule has 6 heteroatoms. The van der Waals surface area contributed by atoms with Gasteiger partial charge in [-0.05, 0) is 86.9 Å². The van der Waals surface area contributed by atoms with E-state index < -0.39 is 6.03 Å². The number of hydrogen-bond acceptors (Lipinski definition) is 3. The van der Waals surface area contributed by atoms with Crippen LogP contribution in [0.2, 0.25) is 0 Å². The van der Waals surface area contributed by atoms with E-state index in [4.69, 9.17) is 10.5 Å². The number of hydrogen-bond donors (Lipinski definition) is 2. The van der Waals surface area contributed by atoms with Gasteiger partial charge in [-0.3, -0.25) is 4.90 Å². The van der Waals surface area contributed by atoms with Crippen LogP contribution in [0.3, 0.4) is 0 Å². The van der Waals surface area contributed by atoms with Gasteiger partial charge in [-0.2, -0.15) is 0 Å². The van der Waals surface area contributed by atoms with E-state index in [-0.39, 0.29) is 5.54 Å². The number of amides is 2. The zero-order valence-corrected chi connectivity index (χ0v) is 21.4. The molecule has 0 radical (unpaired) electrons. The van der Waals surface area contributed by atoms with Gasteiger partial charge in [0, 0.05) is 36.0 Å². The highest BCUT2D eigenvalue weighted by molar-refractivity contribution is 9.10. The van der Waals surface area contributed by atoms with Crippen molar-refractivity contribution < 1.29 is 9.53 Å². The van der Waals surface area contributed by atoms with E-state index in [1.807, 2.05) is 24.3 Å². The number of benzene rings is 2. The Labute approximate surface area is 207 Å². The molecule has 2 aromatic rings. The van der Waals surface area contributed by atoms with Crippen molar-refractivity contribution in [3.63, 3.8) is 0 Å². The third kappa shape index (κ3) is 7.29. The van der Waals surface area contributed by atoms with E-state index in [0.29, 0.717) is 6.54 Å². The number of methoxy groups -OCH3 is 1. The van der Waals surface area contributed by atoms with Gasteiger partial charge in [0.05, 0.1) is 0 Å². The van der Waals surface area contributed by atoms with Crippen LogP contribution in [-0.2, 0) is 16.7 Å². The summed E-state index contributed by atoms with van der Waals surface area (Å²) in [4.78, 5) is 13.7. The third-order valence-corrected chi connectivity index (χ3v) is 7.24. The molecular weight excluding hydrogens is 478 g/mol. The number of unbranched alkanes of at least 4 members (excludes halogenated alkanes) is 3. The maximum atomic E-state index is 12.0. The largest absolute Gasteiger partial charge is 0.385 e. The first-order chi connectivity index (χ1) is 16.1. The van der Waals surface area contributed by atoms with Crippen molar-refractivity contribution in [2.75, 3.05) is 31.7 Å². The molecule has 1 aliphatic rings. The van der Waals surface area contributed by atoms with Gasteiger partial charge < -0.3 is 15.8 Å². The molecule has 1 atom stereocenters. The molecule has 0 saturated heterocycles. The van der Waals surface area contributed by atoms with Crippen molar-refractivity contribution in [2.24, 2.45) is 5.73 Å². The number of aryl methyl sites for hydroxylation is 1. The van der Waals surface area contributed by atoms with E-state index >= 15 is 0 Å². The number of rotatable bonds is 13. The molecule has 1 aliphatic carbocycles. The van der Waals surface area contributed by atoms with Crippen molar-refractivity contribution in [3.8, 4) is 0 Å². The van der Waals surface area contributed by atoms with Gasteiger partial charge in [0.25, 0.3) is 0 Å². The summed E-state index contributed by atoms with van der Waals surface area (Å²) in [7, 11) is 1.77. The number of carbonyl (C=O) groups is 1. The second-order valence-corrected chi connectivity index (χ2v) is 9.91. The summed E-state index contributed by atoms with van der Waals surface area (Å²) in [6, 6.07) is 16.3. The number of ether oxygens (including phenoxy) is 1. The van der Waals surface area contributed by atoms with Crippen molar-refractivity contribution in [2.45, 2.75) is 63.3 Å². The average Bonchev–Trinajstić information content (AvgIpc) is 2.82. The molecule has 180 valence electrons. The fourth-order valence-electron chi connectivity index (χ4n) is 5.01. The van der Waals surface area contributed by atoms with E-state index in [0.717, 1.165) is 61.8 Å². The van der Waals surface area contributed by atoms with Crippen LogP contribution < -0.4 is 16.0 Å². The van der Waals surface area contributed by atoms with Gasteiger partial charge in [0.2, 0.25) is 0 Å². The number of anilines is 1. The van der Waals surface area contributed by atoms with Crippen molar-refractivity contribution >= 4 is 27.6 Å². The molecule has 0 aliphatic heterocycles. The number of primary amides is 1. The minimum absolute atomic E-state index is 0.0526. The third-order valence-electron chi connectivity index (χ3n) is 6.71. The van der Waals surface area contributed by atoms with E-state index in [1.54, 1.807) is 12.0 Å². The van der Waals surface area contributed by atoms with Crippen LogP contribution in [0.25, 0.3) is 0 Å². The number of urea groups is 1. The monoisotopic (exact) mass is 515 g/mol. The quantitative estimate of drug-likeness (QED) is 0.314. The fraction of sp³-hybridized carbons (Fsp3) is 0.519. The molecule has 0 aromatic heterocycles. The summed E-state index contributed by atoms with van der Waals surface area (Å²) in [5.74, 6) is 0. The smallest absolute Gasteiger partial charge is 0.319 e. The number of nitrogens with zero attached hydrogens (tertiary/aromatic N) is 1. The molecule has 0 heterocycles. The summed E-state index contributed by atoms with van der Waals surface area (Å²) in [6.07, 6.45) is 10.0. The zero-order chi connectivity index (χ0) is 23.5. The van der Waals surface area contributed by atoms with E-state index in [1.165, 1.54) is 30.4 Å². The van der Waals surface area contributed by atoms with Gasteiger partial charge in [-0.1, -0.05) is 53.0 Å². The van der Waals surface area contributed by atoms with E-state index in [2.05, 4.69) is 45.5 Å². The predicted octanol–water partition coefficient (Wildman–Crippen LogP) is 6.14. The Morgan fingerprint density at radius 3 is 2.64 bits per heavy atom. The molecule has 0 fully saturated rings. The van der Waals surface area contributed by atoms with E-state index in [9.17, 15) is 4.79 Å². The lowest BCUT2D eigenvalue weighted by Crippen LogP contribution is -2.45. The zero-order valence-electron chi connectivity index (χ0n) is 19.8. The topological polar surface area (TPSA) is 67.6 Å². The summed E-state index contributed by atoms with van der Waals surface area (Å²) < 4.78 is 6.20. The second-order valence-electron chi connectivity index (χ2n) is 9.00. The molecule has 3 N–H and O–H groups in total. The minimum Gasteiger partial charge on any atom is -0.385 e. The van der Waals surface area contributed by atoms with Crippen molar-refractivity contribution in [1.82, 2.24) is 5.32 Å². The molecule has 5 nitrogen and oxygen atoms in total. The van der Waals surface area contributed by atoms with Gasteiger partial charge in [-0.15, -0.1) is 0 Å². The average molecular weight is 517 g/mol. The van der Waals surface area contributed by atoms with Gasteiger partial charge in [0.1, 0.15) is 0 Å². The maximum Gasteiger partial charge on any atom is 0.319 e. The van der Waals surface area contributed by atoms with Crippen molar-refractivity contribution in [1.29, 1.82) is 0 Å². The lowest BCUT2D eigenvalue weighted by molar-refractivity contribution is 0.188. The lowest BCUT2D eigenvalue weighted by atomic mass is 9.73. The molecule has 2 amide bonds. The first kappa shape index (κ1) is 25.7. The number of carbonyl (C=O) groups excluding carboxylic acids is 1. The van der Waals surface area contributed by atoms with Crippen LogP contribution in [0.1, 0.15) is 62.5 Å². The Morgan fingerprint density at radius 1 is 1.09 bits per heavy atom. The summed E-state index contributed by atoms with van der Waals surface area (Å²) in [5.41, 5.74) is 9.53. The molecule has 2 aromatic carbocycles. The van der Waals surface area contributed by atoms with Gasteiger partial charge in [0.15, 0.2) is 0 Å². The molecule has 3 rings (SSSR count). The van der Waals surface area contributed by atoms with Crippen LogP contribution >= 0.6 is 15.9 Å². The molecular formula is C27H38BrN3O2. The minimum atomic E-state index is -0.396. The molecule has 33 heavy (non-hydrogen) atoms. The Kier molecular flexibility index (Phi) is 10.2. The number of halogens is 1. The van der Waals surface area contributed by atoms with Crippen LogP contribution in [0.4, 0.5) is 10.5 Å². The standard InChI is InChI=1S/C27H38BrN3O2/c1-33-21-8-6-19-30-27(18-9-11-22-10-3-4-12-25(22)27)17-5-2-7-20-31(26(29)32)24-15-13-23(28)14-16-24/h3-4,10,12-16,30H,2,5-9,11,17-21H2,1H3,(H2,29,32). The molecule has 0 saturated carbocycles. The van der Waals surface area contributed by atoms with Crippen LogP contribution in [0, 0.1) is 0 Å². The Bertz CT molecular complexity index is 874. The normalized spacial score (nSPS) is 17.5. The van der Waals surface area contributed by atoms with Crippen LogP contribution in [-0.4, -0.2) is 32.8 Å². The van der Waals surface area contributed by atoms with Gasteiger partial charge in [-0.25, -0.2) is 4.79 Å². The molecule has 0 bridgehead atoms. The number of fused-ring (bicyclic) bond motifs is 1. The highest BCUT2D eigenvalue weighted by atomic mass is 79.9. The second kappa shape index (κ2) is 13.1. The van der Waals surface area contributed by atoms with Crippen molar-refractivity contribution in [3.05, 3.63) is 64.1 Å². The summed E-state index contributed by atoms with van der Waals surface area (Å²) in [6.45, 7) is 2.47. The first-order valence-corrected chi connectivity index (χ1v) is 13.0. The first-order valence-electron chi connectivity index (χ1n) is 12.2. The predicted molar refractivity (Wildman–Crippen MR) is 140 cm³/mol. The lowest BCUT2D eigenvalue weighted by Gasteiger charge is -2.41. The highest BCUT2D eigenvalue weighted by Gasteiger charge is 2.35.